The maximum Gasteiger partial charge on any atom is -1.00 e. The van der Waals surface area contributed by atoms with Crippen LogP contribution in [0.5, 0.6) is 0 Å². The van der Waals surface area contributed by atoms with Gasteiger partial charge in [-0.15, -0.1) is 0 Å². The van der Waals surface area contributed by atoms with Gasteiger partial charge in [0.2, 0.25) is 0 Å². The van der Waals surface area contributed by atoms with Gasteiger partial charge >= 0.3 is 171 Å². The van der Waals surface area contributed by atoms with Crippen molar-refractivity contribution in [1.29, 1.82) is 0 Å². The van der Waals surface area contributed by atoms with Crippen molar-refractivity contribution in [1.82, 2.24) is 0 Å². The zero-order valence-corrected chi connectivity index (χ0v) is 19.6. The Morgan fingerprint density at radius 1 is 0.517 bits per heavy atom. The average Bonchev–Trinajstić information content (AvgIpc) is 3.33. The first-order valence-corrected chi connectivity index (χ1v) is 12.4. The van der Waals surface area contributed by atoms with Gasteiger partial charge in [0.25, 0.3) is 0 Å². The number of hydrogen-bond acceptors (Lipinski definition) is 0. The van der Waals surface area contributed by atoms with E-state index >= 15 is 0 Å². The molecule has 140 valence electrons. The normalized spacial score (nSPS) is 18.1. The van der Waals surface area contributed by atoms with E-state index in [2.05, 4.69) is 97.1 Å². The molecule has 2 atom stereocenters. The molecule has 0 radical (unpaired) electrons. The molecule has 0 saturated heterocycles. The zero-order valence-electron chi connectivity index (χ0n) is 15.6. The summed E-state index contributed by atoms with van der Waals surface area (Å²) in [7, 11) is 0. The summed E-state index contributed by atoms with van der Waals surface area (Å²) in [6.07, 6.45) is 9.72. The standard InChI is InChI=1S/2C13H9.2ClH.Zr/c2*1-2-6-12-10(4-1)8-9-11-5-3-7-13(11)12;;;/h2*1-9H;2*1H;/q;;;;+2/p-2. The van der Waals surface area contributed by atoms with Crippen LogP contribution in [-0.4, -0.2) is 0 Å². The Balaban J connectivity index is 0.00000102. The van der Waals surface area contributed by atoms with Crippen LogP contribution in [0.1, 0.15) is 29.5 Å². The van der Waals surface area contributed by atoms with Gasteiger partial charge in [-0.2, -0.15) is 0 Å². The van der Waals surface area contributed by atoms with Crippen LogP contribution >= 0.6 is 0 Å². The fourth-order valence-electron chi connectivity index (χ4n) is 4.62. The van der Waals surface area contributed by atoms with Gasteiger partial charge in [-0.05, 0) is 0 Å². The summed E-state index contributed by atoms with van der Waals surface area (Å²) in [5, 5.41) is 5.51. The molecule has 4 aromatic rings. The van der Waals surface area contributed by atoms with Gasteiger partial charge < -0.3 is 24.8 Å². The molecule has 0 bridgehead atoms. The van der Waals surface area contributed by atoms with E-state index < -0.39 is 23.2 Å². The summed E-state index contributed by atoms with van der Waals surface area (Å²) >= 11 is -0.696. The molecule has 0 fully saturated rings. The van der Waals surface area contributed by atoms with Gasteiger partial charge in [0, 0.05) is 0 Å². The van der Waals surface area contributed by atoms with E-state index in [-0.39, 0.29) is 24.8 Å². The molecular formula is C26H18Cl2Zr. The molecule has 0 N–H and O–H groups in total. The second-order valence-corrected chi connectivity index (χ2v) is 11.3. The van der Waals surface area contributed by atoms with Crippen molar-refractivity contribution in [3.8, 4) is 0 Å². The van der Waals surface area contributed by atoms with Crippen LogP contribution in [0.4, 0.5) is 0 Å². The van der Waals surface area contributed by atoms with Crippen molar-refractivity contribution < 1.29 is 48.0 Å². The second-order valence-electron chi connectivity index (χ2n) is 7.42. The van der Waals surface area contributed by atoms with Crippen molar-refractivity contribution in [2.75, 3.05) is 0 Å². The minimum absolute atomic E-state index is 0. The Morgan fingerprint density at radius 2 is 0.966 bits per heavy atom. The molecule has 0 heterocycles. The smallest absolute Gasteiger partial charge is 1.00 e. The first-order chi connectivity index (χ1) is 13.4. The molecule has 2 aliphatic carbocycles. The predicted molar refractivity (Wildman–Crippen MR) is 111 cm³/mol. The maximum atomic E-state index is 2.48. The monoisotopic (exact) mass is 490 g/mol. The van der Waals surface area contributed by atoms with Gasteiger partial charge in [0.1, 0.15) is 0 Å². The quantitative estimate of drug-likeness (QED) is 0.391. The van der Waals surface area contributed by atoms with E-state index in [1.165, 1.54) is 32.7 Å². The summed E-state index contributed by atoms with van der Waals surface area (Å²) in [5.74, 6) is 0. The topological polar surface area (TPSA) is 0 Å². The van der Waals surface area contributed by atoms with Crippen LogP contribution in [0, 0.1) is 0 Å². The third kappa shape index (κ3) is 3.34. The summed E-state index contributed by atoms with van der Waals surface area (Å²) in [4.78, 5) is 0. The number of rotatable bonds is 2. The molecule has 4 aromatic carbocycles. The van der Waals surface area contributed by atoms with Crippen LogP contribution in [0.2, 0.25) is 0 Å². The number of allylic oxidation sites excluding steroid dienone is 2. The molecule has 29 heavy (non-hydrogen) atoms. The van der Waals surface area contributed by atoms with Crippen LogP contribution in [0.15, 0.2) is 84.9 Å². The van der Waals surface area contributed by atoms with Crippen LogP contribution in [-0.2, 0) is 23.2 Å². The SMILES string of the molecule is C1=C[CH]([Zr+2][CH]2C=Cc3c2ccc2ccccc32)c2ccc3ccccc3c21.[Cl-].[Cl-]. The molecule has 2 unspecified atom stereocenters. The Morgan fingerprint density at radius 3 is 1.45 bits per heavy atom. The maximum absolute atomic E-state index is 2.48. The van der Waals surface area contributed by atoms with Crippen molar-refractivity contribution in [2.45, 2.75) is 7.25 Å². The Hall–Kier alpha value is -1.66. The van der Waals surface area contributed by atoms with Gasteiger partial charge in [0.05, 0.1) is 0 Å². The van der Waals surface area contributed by atoms with Crippen LogP contribution < -0.4 is 24.8 Å². The molecular weight excluding hydrogens is 474 g/mol. The molecule has 0 nitrogen and oxygen atoms in total. The summed E-state index contributed by atoms with van der Waals surface area (Å²) < 4.78 is 1.33. The first-order valence-electron chi connectivity index (χ1n) is 9.54. The van der Waals surface area contributed by atoms with Gasteiger partial charge in [-0.25, -0.2) is 0 Å². The summed E-state index contributed by atoms with van der Waals surface area (Å²) in [6.45, 7) is 0. The molecule has 0 saturated carbocycles. The van der Waals surface area contributed by atoms with Crippen molar-refractivity contribution in [3.63, 3.8) is 0 Å². The van der Waals surface area contributed by atoms with Crippen molar-refractivity contribution in [2.24, 2.45) is 0 Å². The van der Waals surface area contributed by atoms with Gasteiger partial charge in [0.15, 0.2) is 0 Å². The largest absolute Gasteiger partial charge is 1.00 e. The van der Waals surface area contributed by atoms with Crippen LogP contribution in [0.25, 0.3) is 33.7 Å². The molecule has 0 aliphatic heterocycles. The predicted octanol–water partition coefficient (Wildman–Crippen LogP) is 0.920. The van der Waals surface area contributed by atoms with Crippen molar-refractivity contribution >= 4 is 33.7 Å². The average molecular weight is 493 g/mol. The number of halogens is 2. The van der Waals surface area contributed by atoms with E-state index in [9.17, 15) is 0 Å². The van der Waals surface area contributed by atoms with Crippen LogP contribution in [0.3, 0.4) is 0 Å². The van der Waals surface area contributed by atoms with Gasteiger partial charge in [-0.1, -0.05) is 0 Å². The fourth-order valence-corrected chi connectivity index (χ4v) is 8.71. The molecule has 2 aliphatic rings. The molecule has 6 rings (SSSR count). The number of hydrogen-bond donors (Lipinski definition) is 0. The number of benzene rings is 4. The molecule has 0 amide bonds. The Kier molecular flexibility index (Phi) is 5.85. The second kappa shape index (κ2) is 8.23. The minimum Gasteiger partial charge on any atom is -1.00 e. The Labute approximate surface area is 195 Å². The third-order valence-electron chi connectivity index (χ3n) is 5.95. The van der Waals surface area contributed by atoms with E-state index in [0.717, 1.165) is 0 Å². The molecule has 0 aromatic heterocycles. The Bertz CT molecular complexity index is 1170. The zero-order chi connectivity index (χ0) is 17.8. The molecule has 0 spiro atoms. The minimum atomic E-state index is -0.696. The molecule has 3 heteroatoms. The van der Waals surface area contributed by atoms with E-state index in [1.807, 2.05) is 0 Å². The number of fused-ring (bicyclic) bond motifs is 6. The van der Waals surface area contributed by atoms with E-state index in [1.54, 1.807) is 11.1 Å². The third-order valence-corrected chi connectivity index (χ3v) is 10.2. The fraction of sp³-hybridized carbons (Fsp3) is 0.0769. The first kappa shape index (κ1) is 20.6. The summed E-state index contributed by atoms with van der Waals surface area (Å²) in [5.41, 5.74) is 6.03. The van der Waals surface area contributed by atoms with E-state index in [0.29, 0.717) is 7.25 Å². The summed E-state index contributed by atoms with van der Waals surface area (Å²) in [6, 6.07) is 26.9. The van der Waals surface area contributed by atoms with Crippen molar-refractivity contribution in [3.05, 3.63) is 107 Å². The van der Waals surface area contributed by atoms with E-state index in [4.69, 9.17) is 0 Å². The van der Waals surface area contributed by atoms with Gasteiger partial charge in [-0.3, -0.25) is 0 Å².